The van der Waals surface area contributed by atoms with Gasteiger partial charge >= 0.3 is 5.97 Å². The number of rotatable bonds is 11. The van der Waals surface area contributed by atoms with Gasteiger partial charge in [-0.2, -0.15) is 5.26 Å². The molecule has 2 aliphatic rings. The number of benzene rings is 2. The lowest BCUT2D eigenvalue weighted by atomic mass is 10.0. The standard InChI is InChI=1S/C26H30ClN3O3/c1-2-32-26(31)20(14-28)13-18-5-9-22(10-6-18)33-12-11-30-16-23-24(17-30)25(23)29-15-19-3-7-21(27)8-4-19/h3-10,20,23-25,29H,2,11-13,15-17H2,1H3/t20-,23+,24?,25?/m0/s1. The Morgan fingerprint density at radius 1 is 1.15 bits per heavy atom. The Bertz CT molecular complexity index is 962. The van der Waals surface area contributed by atoms with Gasteiger partial charge in [0.2, 0.25) is 0 Å². The van der Waals surface area contributed by atoms with Crippen molar-refractivity contribution in [2.75, 3.05) is 32.8 Å². The number of likely N-dealkylation sites (tertiary alicyclic amines) is 1. The molecule has 4 atom stereocenters. The summed E-state index contributed by atoms with van der Waals surface area (Å²) >= 11 is 5.95. The lowest BCUT2D eigenvalue weighted by Gasteiger charge is -2.20. The lowest BCUT2D eigenvalue weighted by Crippen LogP contribution is -2.33. The van der Waals surface area contributed by atoms with Crippen molar-refractivity contribution in [3.8, 4) is 11.8 Å². The Hall–Kier alpha value is -2.59. The van der Waals surface area contributed by atoms with E-state index in [1.165, 1.54) is 5.56 Å². The van der Waals surface area contributed by atoms with Crippen molar-refractivity contribution in [3.63, 3.8) is 0 Å². The van der Waals surface area contributed by atoms with Gasteiger partial charge in [0.15, 0.2) is 0 Å². The number of ether oxygens (including phenoxy) is 2. The van der Waals surface area contributed by atoms with Gasteiger partial charge in [0.1, 0.15) is 18.3 Å². The monoisotopic (exact) mass is 467 g/mol. The summed E-state index contributed by atoms with van der Waals surface area (Å²) in [5.41, 5.74) is 2.18. The zero-order valence-corrected chi connectivity index (χ0v) is 19.6. The van der Waals surface area contributed by atoms with Crippen molar-refractivity contribution < 1.29 is 14.3 Å². The zero-order valence-electron chi connectivity index (χ0n) is 18.9. The second-order valence-electron chi connectivity index (χ2n) is 8.75. The van der Waals surface area contributed by atoms with E-state index in [-0.39, 0.29) is 6.61 Å². The molecule has 1 aliphatic heterocycles. The largest absolute Gasteiger partial charge is 0.492 e. The molecule has 1 saturated heterocycles. The molecule has 7 heteroatoms. The van der Waals surface area contributed by atoms with Crippen LogP contribution in [0, 0.1) is 29.1 Å². The van der Waals surface area contributed by atoms with Crippen molar-refractivity contribution in [1.82, 2.24) is 10.2 Å². The quantitative estimate of drug-likeness (QED) is 0.508. The molecular weight excluding hydrogens is 438 g/mol. The van der Waals surface area contributed by atoms with E-state index in [0.717, 1.165) is 54.4 Å². The first-order valence-corrected chi connectivity index (χ1v) is 11.9. The van der Waals surface area contributed by atoms with Crippen LogP contribution in [0.1, 0.15) is 18.1 Å². The third-order valence-corrected chi connectivity index (χ3v) is 6.74. The minimum absolute atomic E-state index is 0.281. The van der Waals surface area contributed by atoms with Crippen LogP contribution in [0.2, 0.25) is 5.02 Å². The first kappa shape index (κ1) is 23.6. The molecule has 0 aromatic heterocycles. The van der Waals surface area contributed by atoms with Gasteiger partial charge in [0.25, 0.3) is 0 Å². The van der Waals surface area contributed by atoms with Gasteiger partial charge in [-0.15, -0.1) is 0 Å². The minimum atomic E-state index is -0.775. The molecule has 1 heterocycles. The van der Waals surface area contributed by atoms with Crippen molar-refractivity contribution in [2.24, 2.45) is 17.8 Å². The topological polar surface area (TPSA) is 74.6 Å². The third kappa shape index (κ3) is 6.26. The van der Waals surface area contributed by atoms with Gasteiger partial charge in [0.05, 0.1) is 12.7 Å². The molecule has 0 spiro atoms. The van der Waals surface area contributed by atoms with E-state index < -0.39 is 11.9 Å². The Morgan fingerprint density at radius 2 is 1.82 bits per heavy atom. The summed E-state index contributed by atoms with van der Waals surface area (Å²) in [4.78, 5) is 14.3. The molecule has 2 fully saturated rings. The number of esters is 1. The highest BCUT2D eigenvalue weighted by Gasteiger charge is 2.55. The molecule has 0 bridgehead atoms. The fraction of sp³-hybridized carbons (Fsp3) is 0.462. The Morgan fingerprint density at radius 3 is 2.45 bits per heavy atom. The number of carbonyl (C=O) groups excluding carboxylic acids is 1. The summed E-state index contributed by atoms with van der Waals surface area (Å²) in [5, 5.41) is 13.7. The molecule has 4 rings (SSSR count). The average molecular weight is 468 g/mol. The average Bonchev–Trinajstić information content (AvgIpc) is 3.28. The predicted molar refractivity (Wildman–Crippen MR) is 127 cm³/mol. The second-order valence-corrected chi connectivity index (χ2v) is 9.19. The molecule has 1 N–H and O–H groups in total. The SMILES string of the molecule is CCOC(=O)[C@H](C#N)Cc1ccc(OCCN2CC3C(NCc4ccc(Cl)cc4)[C@@H]3C2)cc1. The van der Waals surface area contributed by atoms with E-state index in [9.17, 15) is 10.1 Å². The van der Waals surface area contributed by atoms with Crippen LogP contribution in [0.4, 0.5) is 0 Å². The molecule has 174 valence electrons. The smallest absolute Gasteiger partial charge is 0.323 e. The van der Waals surface area contributed by atoms with Crippen molar-refractivity contribution >= 4 is 17.6 Å². The number of piperidine rings is 1. The number of carbonyl (C=O) groups is 1. The highest BCUT2D eigenvalue weighted by molar-refractivity contribution is 6.30. The second kappa shape index (κ2) is 11.0. The Labute approximate surface area is 200 Å². The van der Waals surface area contributed by atoms with Crippen molar-refractivity contribution in [1.29, 1.82) is 5.26 Å². The van der Waals surface area contributed by atoms with Gasteiger partial charge in [-0.05, 0) is 60.6 Å². The van der Waals surface area contributed by atoms with Crippen LogP contribution >= 0.6 is 11.6 Å². The fourth-order valence-electron chi connectivity index (χ4n) is 4.61. The van der Waals surface area contributed by atoms with Crippen LogP contribution in [-0.4, -0.2) is 49.8 Å². The van der Waals surface area contributed by atoms with E-state index in [2.05, 4.69) is 22.3 Å². The van der Waals surface area contributed by atoms with Crippen LogP contribution in [-0.2, 0) is 22.5 Å². The summed E-state index contributed by atoms with van der Waals surface area (Å²) in [7, 11) is 0. The molecule has 2 aromatic rings. The zero-order chi connectivity index (χ0) is 23.2. The summed E-state index contributed by atoms with van der Waals surface area (Å²) in [6.45, 7) is 6.71. The highest BCUT2D eigenvalue weighted by atomic mass is 35.5. The van der Waals surface area contributed by atoms with E-state index in [0.29, 0.717) is 19.1 Å². The van der Waals surface area contributed by atoms with E-state index in [4.69, 9.17) is 21.1 Å². The van der Waals surface area contributed by atoms with Crippen LogP contribution in [0.25, 0.3) is 0 Å². The van der Waals surface area contributed by atoms with Crippen LogP contribution in [0.15, 0.2) is 48.5 Å². The predicted octanol–water partition coefficient (Wildman–Crippen LogP) is 3.68. The molecule has 0 radical (unpaired) electrons. The molecular formula is C26H30ClN3O3. The number of nitrogens with zero attached hydrogens (tertiary/aromatic N) is 2. The van der Waals surface area contributed by atoms with Gasteiger partial charge < -0.3 is 14.8 Å². The Kier molecular flexibility index (Phi) is 7.87. The number of hydrogen-bond donors (Lipinski definition) is 1. The van der Waals surface area contributed by atoms with Gasteiger partial charge in [-0.3, -0.25) is 9.69 Å². The third-order valence-electron chi connectivity index (χ3n) is 6.49. The maximum Gasteiger partial charge on any atom is 0.323 e. The Balaban J connectivity index is 1.13. The van der Waals surface area contributed by atoms with Crippen LogP contribution in [0.3, 0.4) is 0 Å². The molecule has 2 unspecified atom stereocenters. The van der Waals surface area contributed by atoms with Gasteiger partial charge in [-0.25, -0.2) is 0 Å². The van der Waals surface area contributed by atoms with E-state index in [1.54, 1.807) is 6.92 Å². The number of halogens is 1. The minimum Gasteiger partial charge on any atom is -0.492 e. The highest BCUT2D eigenvalue weighted by Crippen LogP contribution is 2.45. The summed E-state index contributed by atoms with van der Waals surface area (Å²) < 4.78 is 10.9. The molecule has 2 aromatic carbocycles. The lowest BCUT2D eigenvalue weighted by molar-refractivity contribution is -0.145. The summed E-state index contributed by atoms with van der Waals surface area (Å²) in [6, 6.07) is 18.3. The maximum atomic E-state index is 11.8. The molecule has 1 aliphatic carbocycles. The van der Waals surface area contributed by atoms with Crippen molar-refractivity contribution in [2.45, 2.75) is 25.9 Å². The first-order chi connectivity index (χ1) is 16.1. The van der Waals surface area contributed by atoms with Crippen molar-refractivity contribution in [3.05, 3.63) is 64.7 Å². The molecule has 33 heavy (non-hydrogen) atoms. The summed E-state index contributed by atoms with van der Waals surface area (Å²) in [5.74, 6) is 1.04. The van der Waals surface area contributed by atoms with Crippen LogP contribution in [0.5, 0.6) is 5.75 Å². The first-order valence-electron chi connectivity index (χ1n) is 11.6. The maximum absolute atomic E-state index is 11.8. The molecule has 0 amide bonds. The van der Waals surface area contributed by atoms with E-state index >= 15 is 0 Å². The summed E-state index contributed by atoms with van der Waals surface area (Å²) in [6.07, 6.45) is 0.347. The number of hydrogen-bond acceptors (Lipinski definition) is 6. The number of nitriles is 1. The molecule has 6 nitrogen and oxygen atoms in total. The number of nitrogens with one attached hydrogen (secondary N) is 1. The van der Waals surface area contributed by atoms with E-state index in [1.807, 2.05) is 42.5 Å². The van der Waals surface area contributed by atoms with Gasteiger partial charge in [0, 0.05) is 37.2 Å². The van der Waals surface area contributed by atoms with Gasteiger partial charge in [-0.1, -0.05) is 35.9 Å². The normalized spacial score (nSPS) is 22.3. The number of fused-ring (bicyclic) bond motifs is 1. The van der Waals surface area contributed by atoms with Crippen LogP contribution < -0.4 is 10.1 Å². The fourth-order valence-corrected chi connectivity index (χ4v) is 4.74. The molecule has 1 saturated carbocycles.